The van der Waals surface area contributed by atoms with Gasteiger partial charge in [0.1, 0.15) is 11.5 Å². The predicted molar refractivity (Wildman–Crippen MR) is 106 cm³/mol. The van der Waals surface area contributed by atoms with Gasteiger partial charge in [0.05, 0.1) is 12.7 Å². The average Bonchev–Trinajstić information content (AvgIpc) is 2.74. The largest absolute Gasteiger partial charge is 0.485 e. The molecule has 3 atom stereocenters. The van der Waals surface area contributed by atoms with E-state index in [-0.39, 0.29) is 5.91 Å². The number of nitrogens with one attached hydrogen (secondary N) is 1. The van der Waals surface area contributed by atoms with Gasteiger partial charge in [0.15, 0.2) is 12.2 Å². The van der Waals surface area contributed by atoms with Crippen LogP contribution in [0, 0.1) is 0 Å². The van der Waals surface area contributed by atoms with Gasteiger partial charge in [-0.3, -0.25) is 4.79 Å². The number of para-hydroxylation sites is 1. The molecule has 1 aliphatic rings. The second kappa shape index (κ2) is 9.43. The number of fused-ring (bicyclic) bond motifs is 1. The molecule has 0 fully saturated rings. The Kier molecular flexibility index (Phi) is 6.72. The third-order valence-electron chi connectivity index (χ3n) is 4.58. The second-order valence-electron chi connectivity index (χ2n) is 6.65. The molecule has 0 bridgehead atoms. The first kappa shape index (κ1) is 20.7. The summed E-state index contributed by atoms with van der Waals surface area (Å²) in [4.78, 5) is 24.0. The molecule has 7 heteroatoms. The van der Waals surface area contributed by atoms with Gasteiger partial charge >= 0.3 is 5.97 Å². The minimum atomic E-state index is -0.637. The summed E-state index contributed by atoms with van der Waals surface area (Å²) in [5.74, 6) is 0.583. The number of rotatable bonds is 8. The fourth-order valence-corrected chi connectivity index (χ4v) is 3.08. The highest BCUT2D eigenvalue weighted by atomic mass is 16.6. The topological polar surface area (TPSA) is 83.1 Å². The fourth-order valence-electron chi connectivity index (χ4n) is 3.08. The molecule has 154 valence electrons. The van der Waals surface area contributed by atoms with Crippen LogP contribution in [-0.4, -0.2) is 44.0 Å². The average molecular weight is 399 g/mol. The van der Waals surface area contributed by atoms with Gasteiger partial charge in [-0.1, -0.05) is 24.3 Å². The van der Waals surface area contributed by atoms with Crippen molar-refractivity contribution < 1.29 is 28.5 Å². The van der Waals surface area contributed by atoms with Gasteiger partial charge in [0.2, 0.25) is 6.23 Å². The van der Waals surface area contributed by atoms with E-state index in [0.717, 1.165) is 5.56 Å². The van der Waals surface area contributed by atoms with E-state index in [2.05, 4.69) is 5.32 Å². The SMILES string of the molecule is CCOC(Cc1ccc(OC(C)C2NC(=O)c3ccccc3O2)cc1)C(=O)OC. The van der Waals surface area contributed by atoms with Gasteiger partial charge in [-0.15, -0.1) is 0 Å². The number of hydrogen-bond donors (Lipinski definition) is 1. The number of carbonyl (C=O) groups excluding carboxylic acids is 2. The number of benzene rings is 2. The summed E-state index contributed by atoms with van der Waals surface area (Å²) in [5, 5.41) is 2.81. The van der Waals surface area contributed by atoms with Crippen LogP contribution in [0.3, 0.4) is 0 Å². The summed E-state index contributed by atoms with van der Waals surface area (Å²) in [6.45, 7) is 4.09. The lowest BCUT2D eigenvalue weighted by Gasteiger charge is -2.31. The van der Waals surface area contributed by atoms with Crippen molar-refractivity contribution in [1.82, 2.24) is 5.32 Å². The van der Waals surface area contributed by atoms with Crippen LogP contribution in [0.2, 0.25) is 0 Å². The van der Waals surface area contributed by atoms with E-state index >= 15 is 0 Å². The van der Waals surface area contributed by atoms with Crippen LogP contribution in [0.15, 0.2) is 48.5 Å². The molecule has 0 radical (unpaired) electrons. The Hall–Kier alpha value is -3.06. The molecular weight excluding hydrogens is 374 g/mol. The highest BCUT2D eigenvalue weighted by Gasteiger charge is 2.30. The maximum atomic E-state index is 12.2. The second-order valence-corrected chi connectivity index (χ2v) is 6.65. The van der Waals surface area contributed by atoms with Crippen LogP contribution in [0.5, 0.6) is 11.5 Å². The Morgan fingerprint density at radius 1 is 1.17 bits per heavy atom. The quantitative estimate of drug-likeness (QED) is 0.688. The molecule has 1 amide bonds. The van der Waals surface area contributed by atoms with Crippen molar-refractivity contribution in [3.05, 3.63) is 59.7 Å². The third kappa shape index (κ3) is 5.06. The summed E-state index contributed by atoms with van der Waals surface area (Å²) in [5.41, 5.74) is 1.43. The van der Waals surface area contributed by atoms with Gasteiger partial charge in [0.25, 0.3) is 5.91 Å². The molecule has 1 N–H and O–H groups in total. The van der Waals surface area contributed by atoms with Crippen molar-refractivity contribution in [3.8, 4) is 11.5 Å². The minimum absolute atomic E-state index is 0.188. The number of esters is 1. The first-order valence-electron chi connectivity index (χ1n) is 9.53. The van der Waals surface area contributed by atoms with Crippen LogP contribution >= 0.6 is 0 Å². The Morgan fingerprint density at radius 2 is 1.90 bits per heavy atom. The zero-order valence-corrected chi connectivity index (χ0v) is 16.7. The van der Waals surface area contributed by atoms with E-state index in [1.807, 2.05) is 44.2 Å². The van der Waals surface area contributed by atoms with Crippen molar-refractivity contribution in [1.29, 1.82) is 0 Å². The standard InChI is InChI=1S/C22H25NO6/c1-4-27-19(22(25)26-3)13-15-9-11-16(12-10-15)28-14(2)21-23-20(24)17-7-5-6-8-18(17)29-21/h5-12,14,19,21H,4,13H2,1-3H3,(H,23,24). The van der Waals surface area contributed by atoms with Crippen LogP contribution in [0.25, 0.3) is 0 Å². The number of carbonyl (C=O) groups is 2. The molecule has 1 aliphatic heterocycles. The summed E-state index contributed by atoms with van der Waals surface area (Å²) >= 11 is 0. The molecule has 0 spiro atoms. The molecule has 29 heavy (non-hydrogen) atoms. The maximum absolute atomic E-state index is 12.2. The van der Waals surface area contributed by atoms with Crippen molar-refractivity contribution in [3.63, 3.8) is 0 Å². The van der Waals surface area contributed by atoms with Gasteiger partial charge in [-0.2, -0.15) is 0 Å². The third-order valence-corrected chi connectivity index (χ3v) is 4.58. The zero-order valence-electron chi connectivity index (χ0n) is 16.7. The van der Waals surface area contributed by atoms with Crippen molar-refractivity contribution in [2.24, 2.45) is 0 Å². The molecule has 2 aromatic rings. The molecule has 3 rings (SSSR count). The van der Waals surface area contributed by atoms with Crippen LogP contribution in [0.4, 0.5) is 0 Å². The van der Waals surface area contributed by atoms with E-state index in [9.17, 15) is 9.59 Å². The maximum Gasteiger partial charge on any atom is 0.335 e. The molecule has 7 nitrogen and oxygen atoms in total. The summed E-state index contributed by atoms with van der Waals surface area (Å²) < 4.78 is 22.0. The zero-order chi connectivity index (χ0) is 20.8. The normalized spacial score (nSPS) is 17.3. The first-order valence-corrected chi connectivity index (χ1v) is 9.53. The van der Waals surface area contributed by atoms with E-state index in [4.69, 9.17) is 18.9 Å². The van der Waals surface area contributed by atoms with E-state index < -0.39 is 24.4 Å². The van der Waals surface area contributed by atoms with Gasteiger partial charge in [-0.05, 0) is 43.7 Å². The smallest absolute Gasteiger partial charge is 0.335 e. The van der Waals surface area contributed by atoms with Crippen molar-refractivity contribution in [2.75, 3.05) is 13.7 Å². The molecule has 0 saturated carbocycles. The molecule has 1 heterocycles. The highest BCUT2D eigenvalue weighted by Crippen LogP contribution is 2.25. The lowest BCUT2D eigenvalue weighted by molar-refractivity contribution is -0.153. The number of hydrogen-bond acceptors (Lipinski definition) is 6. The Balaban J connectivity index is 1.61. The Bertz CT molecular complexity index is 851. The lowest BCUT2D eigenvalue weighted by Crippen LogP contribution is -2.51. The predicted octanol–water partition coefficient (Wildman–Crippen LogP) is 2.72. The van der Waals surface area contributed by atoms with E-state index in [0.29, 0.717) is 30.1 Å². The Morgan fingerprint density at radius 3 is 2.59 bits per heavy atom. The first-order chi connectivity index (χ1) is 14.0. The molecular formula is C22H25NO6. The summed E-state index contributed by atoms with van der Waals surface area (Å²) in [6.07, 6.45) is -1.24. The van der Waals surface area contributed by atoms with Crippen molar-refractivity contribution in [2.45, 2.75) is 38.7 Å². The molecule has 0 aromatic heterocycles. The van der Waals surface area contributed by atoms with Gasteiger partial charge in [-0.25, -0.2) is 4.79 Å². The van der Waals surface area contributed by atoms with E-state index in [1.165, 1.54) is 7.11 Å². The van der Waals surface area contributed by atoms with Gasteiger partial charge < -0.3 is 24.3 Å². The van der Waals surface area contributed by atoms with Crippen LogP contribution in [0.1, 0.15) is 29.8 Å². The fraction of sp³-hybridized carbons (Fsp3) is 0.364. The number of ether oxygens (including phenoxy) is 4. The Labute approximate surface area is 169 Å². The lowest BCUT2D eigenvalue weighted by atomic mass is 10.1. The van der Waals surface area contributed by atoms with Crippen molar-refractivity contribution >= 4 is 11.9 Å². The highest BCUT2D eigenvalue weighted by molar-refractivity contribution is 5.97. The van der Waals surface area contributed by atoms with Gasteiger partial charge in [0, 0.05) is 13.0 Å². The molecule has 2 aromatic carbocycles. The number of amides is 1. The molecule has 0 aliphatic carbocycles. The molecule has 3 unspecified atom stereocenters. The number of methoxy groups -OCH3 is 1. The van der Waals surface area contributed by atoms with Crippen LogP contribution in [-0.2, 0) is 20.7 Å². The molecule has 0 saturated heterocycles. The minimum Gasteiger partial charge on any atom is -0.485 e. The van der Waals surface area contributed by atoms with Crippen LogP contribution < -0.4 is 14.8 Å². The summed E-state index contributed by atoms with van der Waals surface area (Å²) in [7, 11) is 1.34. The summed E-state index contributed by atoms with van der Waals surface area (Å²) in [6, 6.07) is 14.4. The van der Waals surface area contributed by atoms with E-state index in [1.54, 1.807) is 18.2 Å². The monoisotopic (exact) mass is 399 g/mol.